The molecule has 9 nitrogen and oxygen atoms in total. The second kappa shape index (κ2) is 10.9. The molecule has 0 fully saturated rings. The lowest BCUT2D eigenvalue weighted by Gasteiger charge is -2.12. The van der Waals surface area contributed by atoms with Crippen LogP contribution in [-0.4, -0.2) is 51.7 Å². The number of nitrogens with two attached hydrogens (primary N) is 1. The van der Waals surface area contributed by atoms with Crippen molar-refractivity contribution < 1.29 is 4.79 Å². The highest BCUT2D eigenvalue weighted by atomic mass is 16.1. The van der Waals surface area contributed by atoms with E-state index in [0.717, 1.165) is 60.7 Å². The number of carbonyl (C=O) groups excluding carboxylic acids is 1. The highest BCUT2D eigenvalue weighted by Gasteiger charge is 2.13. The number of carbonyl (C=O) groups is 1. The minimum absolute atomic E-state index is 0.122. The first-order chi connectivity index (χ1) is 15.0. The van der Waals surface area contributed by atoms with Gasteiger partial charge in [-0.2, -0.15) is 0 Å². The van der Waals surface area contributed by atoms with Crippen LogP contribution in [0.1, 0.15) is 45.4 Å². The minimum Gasteiger partial charge on any atom is -0.385 e. The number of nitrogens with one attached hydrogen (secondary N) is 3. The Bertz CT molecular complexity index is 1010. The Hall–Kier alpha value is -2.94. The quantitative estimate of drug-likeness (QED) is 0.328. The predicted molar refractivity (Wildman–Crippen MR) is 125 cm³/mol. The molecule has 0 aliphatic heterocycles. The van der Waals surface area contributed by atoms with E-state index in [9.17, 15) is 4.79 Å². The minimum atomic E-state index is 0.122. The molecule has 2 heterocycles. The molecule has 168 valence electrons. The Morgan fingerprint density at radius 3 is 2.65 bits per heavy atom. The molecule has 0 bridgehead atoms. The van der Waals surface area contributed by atoms with E-state index in [2.05, 4.69) is 32.2 Å². The van der Waals surface area contributed by atoms with Crippen LogP contribution in [0.15, 0.2) is 18.2 Å². The van der Waals surface area contributed by atoms with Crippen molar-refractivity contribution in [2.75, 3.05) is 36.8 Å². The Morgan fingerprint density at radius 1 is 1.10 bits per heavy atom. The van der Waals surface area contributed by atoms with E-state index < -0.39 is 0 Å². The number of benzene rings is 1. The number of anilines is 2. The molecule has 1 amide bonds. The summed E-state index contributed by atoms with van der Waals surface area (Å²) in [6.07, 6.45) is 3.32. The van der Waals surface area contributed by atoms with E-state index >= 15 is 0 Å². The second-order valence-electron chi connectivity index (χ2n) is 8.22. The maximum atomic E-state index is 11.7. The number of fused-ring (bicyclic) bond motifs is 3. The van der Waals surface area contributed by atoms with Crippen LogP contribution in [0.3, 0.4) is 0 Å². The standard InChI is InChI=1S/C22H34N8O/c1-15(2)13-20(31)25-10-4-5-11-26-21-22-29-28-16(3)30(22)19-14-17(24-12-6-9-23)7-8-18(19)27-21/h7-8,14-15,24H,4-6,9-13,23H2,1-3H3,(H,25,31)(H,26,27). The van der Waals surface area contributed by atoms with Crippen molar-refractivity contribution in [2.45, 2.75) is 46.5 Å². The van der Waals surface area contributed by atoms with Crippen LogP contribution >= 0.6 is 0 Å². The van der Waals surface area contributed by atoms with Gasteiger partial charge in [-0.3, -0.25) is 9.20 Å². The summed E-state index contributed by atoms with van der Waals surface area (Å²) in [5, 5.41) is 18.4. The summed E-state index contributed by atoms with van der Waals surface area (Å²) in [6.45, 7) is 8.97. The molecule has 0 unspecified atom stereocenters. The average molecular weight is 427 g/mol. The molecule has 0 saturated carbocycles. The number of hydrogen-bond donors (Lipinski definition) is 4. The molecule has 0 saturated heterocycles. The lowest BCUT2D eigenvalue weighted by atomic mass is 10.1. The molecular weight excluding hydrogens is 392 g/mol. The van der Waals surface area contributed by atoms with Gasteiger partial charge in [0.05, 0.1) is 11.0 Å². The van der Waals surface area contributed by atoms with Gasteiger partial charge in [-0.05, 0) is 56.8 Å². The monoisotopic (exact) mass is 426 g/mol. The Kier molecular flexibility index (Phi) is 8.00. The average Bonchev–Trinajstić information content (AvgIpc) is 3.12. The Labute approximate surface area is 183 Å². The van der Waals surface area contributed by atoms with Crippen molar-refractivity contribution in [3.63, 3.8) is 0 Å². The predicted octanol–water partition coefficient (Wildman–Crippen LogP) is 2.70. The Balaban J connectivity index is 1.64. The fourth-order valence-corrected chi connectivity index (χ4v) is 3.46. The van der Waals surface area contributed by atoms with Gasteiger partial charge in [0.25, 0.3) is 0 Å². The van der Waals surface area contributed by atoms with Crippen molar-refractivity contribution in [3.8, 4) is 0 Å². The molecule has 0 radical (unpaired) electrons. The van der Waals surface area contributed by atoms with Crippen LogP contribution in [0.2, 0.25) is 0 Å². The van der Waals surface area contributed by atoms with Crippen molar-refractivity contribution >= 4 is 34.1 Å². The number of amides is 1. The van der Waals surface area contributed by atoms with Crippen LogP contribution < -0.4 is 21.7 Å². The normalized spacial score (nSPS) is 11.4. The topological polar surface area (TPSA) is 122 Å². The highest BCUT2D eigenvalue weighted by Crippen LogP contribution is 2.24. The molecule has 3 aromatic rings. The van der Waals surface area contributed by atoms with Gasteiger partial charge < -0.3 is 21.7 Å². The third kappa shape index (κ3) is 6.04. The smallest absolute Gasteiger partial charge is 0.220 e. The van der Waals surface area contributed by atoms with E-state index in [1.54, 1.807) is 0 Å². The van der Waals surface area contributed by atoms with Gasteiger partial charge in [-0.15, -0.1) is 10.2 Å². The molecule has 3 rings (SSSR count). The van der Waals surface area contributed by atoms with E-state index in [1.165, 1.54) is 0 Å². The summed E-state index contributed by atoms with van der Waals surface area (Å²) in [5.74, 6) is 2.04. The third-order valence-corrected chi connectivity index (χ3v) is 5.01. The molecule has 5 N–H and O–H groups in total. The number of rotatable bonds is 12. The van der Waals surface area contributed by atoms with Gasteiger partial charge in [0.15, 0.2) is 5.82 Å². The zero-order valence-corrected chi connectivity index (χ0v) is 18.7. The molecular formula is C22H34N8O. The first-order valence-corrected chi connectivity index (χ1v) is 11.1. The van der Waals surface area contributed by atoms with Crippen LogP contribution in [-0.2, 0) is 4.79 Å². The highest BCUT2D eigenvalue weighted by molar-refractivity contribution is 5.85. The summed E-state index contributed by atoms with van der Waals surface area (Å²) < 4.78 is 2.03. The Morgan fingerprint density at radius 2 is 1.87 bits per heavy atom. The lowest BCUT2D eigenvalue weighted by molar-refractivity contribution is -0.121. The number of nitrogens with zero attached hydrogens (tertiary/aromatic N) is 4. The van der Waals surface area contributed by atoms with Crippen LogP contribution in [0.25, 0.3) is 16.7 Å². The summed E-state index contributed by atoms with van der Waals surface area (Å²) in [5.41, 5.74) is 9.17. The summed E-state index contributed by atoms with van der Waals surface area (Å²) in [7, 11) is 0. The number of unbranched alkanes of at least 4 members (excludes halogenated alkanes) is 1. The number of aryl methyl sites for hydroxylation is 1. The van der Waals surface area contributed by atoms with Gasteiger partial charge in [0, 0.05) is 31.7 Å². The third-order valence-electron chi connectivity index (χ3n) is 5.01. The maximum absolute atomic E-state index is 11.7. The van der Waals surface area contributed by atoms with Crippen molar-refractivity contribution in [2.24, 2.45) is 11.7 Å². The van der Waals surface area contributed by atoms with Crippen LogP contribution in [0, 0.1) is 12.8 Å². The van der Waals surface area contributed by atoms with Crippen molar-refractivity contribution in [1.82, 2.24) is 24.9 Å². The van der Waals surface area contributed by atoms with Gasteiger partial charge in [-0.25, -0.2) is 4.98 Å². The van der Waals surface area contributed by atoms with Crippen molar-refractivity contribution in [1.29, 1.82) is 0 Å². The van der Waals surface area contributed by atoms with Gasteiger partial charge in [0.1, 0.15) is 5.82 Å². The molecule has 0 aliphatic rings. The van der Waals surface area contributed by atoms with Gasteiger partial charge in [-0.1, -0.05) is 13.8 Å². The fraction of sp³-hybridized carbons (Fsp3) is 0.545. The first kappa shape index (κ1) is 22.7. The molecule has 0 spiro atoms. The number of aromatic nitrogens is 4. The lowest BCUT2D eigenvalue weighted by Crippen LogP contribution is -2.25. The van der Waals surface area contributed by atoms with Crippen LogP contribution in [0.4, 0.5) is 11.5 Å². The SMILES string of the molecule is Cc1nnc2c(NCCCCNC(=O)CC(C)C)nc3ccc(NCCCN)cc3n12. The molecule has 0 atom stereocenters. The molecule has 31 heavy (non-hydrogen) atoms. The maximum Gasteiger partial charge on any atom is 0.220 e. The molecule has 2 aromatic heterocycles. The van der Waals surface area contributed by atoms with Gasteiger partial charge >= 0.3 is 0 Å². The summed E-state index contributed by atoms with van der Waals surface area (Å²) >= 11 is 0. The van der Waals surface area contributed by atoms with Crippen LogP contribution in [0.5, 0.6) is 0 Å². The van der Waals surface area contributed by atoms with E-state index in [0.29, 0.717) is 31.1 Å². The van der Waals surface area contributed by atoms with Crippen molar-refractivity contribution in [3.05, 3.63) is 24.0 Å². The first-order valence-electron chi connectivity index (χ1n) is 11.1. The van der Waals surface area contributed by atoms with E-state index in [4.69, 9.17) is 10.7 Å². The summed E-state index contributed by atoms with van der Waals surface area (Å²) in [4.78, 5) is 16.5. The fourth-order valence-electron chi connectivity index (χ4n) is 3.46. The number of hydrogen-bond acceptors (Lipinski definition) is 7. The molecule has 9 heteroatoms. The zero-order valence-electron chi connectivity index (χ0n) is 18.7. The molecule has 1 aromatic carbocycles. The second-order valence-corrected chi connectivity index (χ2v) is 8.22. The van der Waals surface area contributed by atoms with E-state index in [-0.39, 0.29) is 5.91 Å². The zero-order chi connectivity index (χ0) is 22.2. The van der Waals surface area contributed by atoms with Gasteiger partial charge in [0.2, 0.25) is 11.6 Å². The molecule has 0 aliphatic carbocycles. The largest absolute Gasteiger partial charge is 0.385 e. The summed E-state index contributed by atoms with van der Waals surface area (Å²) in [6, 6.07) is 6.11. The van der Waals surface area contributed by atoms with E-state index in [1.807, 2.05) is 37.3 Å².